The third-order valence-electron chi connectivity index (χ3n) is 3.83. The van der Waals surface area contributed by atoms with Crippen molar-refractivity contribution in [3.63, 3.8) is 0 Å². The monoisotopic (exact) mass is 279 g/mol. The van der Waals surface area contributed by atoms with Gasteiger partial charge >= 0.3 is 5.97 Å². The smallest absolute Gasteiger partial charge is 0.307 e. The molecule has 1 aromatic rings. The van der Waals surface area contributed by atoms with Gasteiger partial charge in [0.2, 0.25) is 5.91 Å². The number of benzene rings is 1. The van der Waals surface area contributed by atoms with Crippen LogP contribution in [-0.2, 0) is 16.1 Å². The second kappa shape index (κ2) is 6.50. The van der Waals surface area contributed by atoms with Gasteiger partial charge in [-0.1, -0.05) is 31.0 Å². The number of carbonyl (C=O) groups excluding carboxylic acids is 1. The normalized spacial score (nSPS) is 22.2. The molecule has 1 aromatic carbocycles. The second-order valence-corrected chi connectivity index (χ2v) is 5.14. The maximum Gasteiger partial charge on any atom is 0.307 e. The highest BCUT2D eigenvalue weighted by Crippen LogP contribution is 2.30. The molecule has 1 aliphatic rings. The van der Waals surface area contributed by atoms with Crippen molar-refractivity contribution in [2.24, 2.45) is 11.8 Å². The summed E-state index contributed by atoms with van der Waals surface area (Å²) in [5.74, 6) is -2.71. The van der Waals surface area contributed by atoms with Crippen LogP contribution < -0.4 is 5.32 Å². The van der Waals surface area contributed by atoms with E-state index in [4.69, 9.17) is 5.11 Å². The molecule has 0 radical (unpaired) electrons. The molecule has 2 atom stereocenters. The Morgan fingerprint density at radius 2 is 1.85 bits per heavy atom. The van der Waals surface area contributed by atoms with Crippen molar-refractivity contribution >= 4 is 11.9 Å². The number of rotatable bonds is 4. The minimum Gasteiger partial charge on any atom is -0.481 e. The Morgan fingerprint density at radius 3 is 2.50 bits per heavy atom. The lowest BCUT2D eigenvalue weighted by Crippen LogP contribution is -2.39. The van der Waals surface area contributed by atoms with Crippen LogP contribution in [0.5, 0.6) is 0 Å². The number of halogens is 1. The standard InChI is InChI=1S/C15H18FNO3/c16-13-8-4-1-5-10(13)9-17-14(18)11-6-2-3-7-12(11)15(19)20/h1,4-5,8,11-12H,2-3,6-7,9H2,(H,17,18)(H,19,20)/t11-,12+/m1/s1. The first-order valence-corrected chi connectivity index (χ1v) is 6.83. The average molecular weight is 279 g/mol. The maximum atomic E-state index is 13.4. The van der Waals surface area contributed by atoms with Crippen molar-refractivity contribution in [3.8, 4) is 0 Å². The summed E-state index contributed by atoms with van der Waals surface area (Å²) >= 11 is 0. The Hall–Kier alpha value is -1.91. The van der Waals surface area contributed by atoms with Gasteiger partial charge in [-0.25, -0.2) is 4.39 Å². The number of hydrogen-bond acceptors (Lipinski definition) is 2. The van der Waals surface area contributed by atoms with Crippen molar-refractivity contribution in [3.05, 3.63) is 35.6 Å². The molecule has 1 aliphatic carbocycles. The minimum atomic E-state index is -0.921. The van der Waals surface area contributed by atoms with Crippen molar-refractivity contribution in [1.82, 2.24) is 5.32 Å². The first-order chi connectivity index (χ1) is 9.59. The molecule has 20 heavy (non-hydrogen) atoms. The zero-order valence-corrected chi connectivity index (χ0v) is 11.1. The first kappa shape index (κ1) is 14.5. The van der Waals surface area contributed by atoms with Crippen molar-refractivity contribution in [1.29, 1.82) is 0 Å². The molecule has 1 fully saturated rings. The Bertz CT molecular complexity index is 504. The van der Waals surface area contributed by atoms with Crippen LogP contribution in [-0.4, -0.2) is 17.0 Å². The molecule has 0 aromatic heterocycles. The van der Waals surface area contributed by atoms with Crippen LogP contribution in [0.2, 0.25) is 0 Å². The number of carbonyl (C=O) groups is 2. The van der Waals surface area contributed by atoms with Crippen LogP contribution in [0.4, 0.5) is 4.39 Å². The predicted octanol–water partition coefficient (Wildman–Crippen LogP) is 2.33. The van der Waals surface area contributed by atoms with E-state index in [0.29, 0.717) is 18.4 Å². The van der Waals surface area contributed by atoms with E-state index in [1.165, 1.54) is 6.07 Å². The summed E-state index contributed by atoms with van der Waals surface area (Å²) in [4.78, 5) is 23.3. The fraction of sp³-hybridized carbons (Fsp3) is 0.467. The Morgan fingerprint density at radius 1 is 1.20 bits per heavy atom. The third-order valence-corrected chi connectivity index (χ3v) is 3.83. The number of carboxylic acid groups (broad SMARTS) is 1. The fourth-order valence-electron chi connectivity index (χ4n) is 2.70. The number of amides is 1. The summed E-state index contributed by atoms with van der Waals surface area (Å²) in [5.41, 5.74) is 0.406. The van der Waals surface area contributed by atoms with Gasteiger partial charge in [0.05, 0.1) is 11.8 Å². The molecule has 4 nitrogen and oxygen atoms in total. The zero-order chi connectivity index (χ0) is 14.5. The van der Waals surface area contributed by atoms with Crippen LogP contribution in [0.15, 0.2) is 24.3 Å². The Balaban J connectivity index is 1.97. The summed E-state index contributed by atoms with van der Waals surface area (Å²) < 4.78 is 13.4. The highest BCUT2D eigenvalue weighted by Gasteiger charge is 2.35. The van der Waals surface area contributed by atoms with Crippen LogP contribution in [0.3, 0.4) is 0 Å². The summed E-state index contributed by atoms with van der Waals surface area (Å²) in [7, 11) is 0. The molecule has 0 aliphatic heterocycles. The lowest BCUT2D eigenvalue weighted by atomic mass is 9.78. The van der Waals surface area contributed by atoms with E-state index in [-0.39, 0.29) is 18.3 Å². The van der Waals surface area contributed by atoms with Crippen molar-refractivity contribution in [2.75, 3.05) is 0 Å². The Labute approximate surface area is 117 Å². The van der Waals surface area contributed by atoms with Gasteiger partial charge < -0.3 is 10.4 Å². The van der Waals surface area contributed by atoms with Crippen molar-refractivity contribution < 1.29 is 19.1 Å². The summed E-state index contributed by atoms with van der Waals surface area (Å²) in [6.07, 6.45) is 2.82. The number of hydrogen-bond donors (Lipinski definition) is 2. The van der Waals surface area contributed by atoms with Gasteiger partial charge in [-0.3, -0.25) is 9.59 Å². The van der Waals surface area contributed by atoms with E-state index in [9.17, 15) is 14.0 Å². The molecule has 0 spiro atoms. The van der Waals surface area contributed by atoms with Gasteiger partial charge in [-0.05, 0) is 18.9 Å². The van der Waals surface area contributed by atoms with Gasteiger partial charge in [0, 0.05) is 12.1 Å². The highest BCUT2D eigenvalue weighted by molar-refractivity contribution is 5.84. The molecular formula is C15H18FNO3. The Kier molecular flexibility index (Phi) is 4.71. The number of nitrogens with one attached hydrogen (secondary N) is 1. The quantitative estimate of drug-likeness (QED) is 0.889. The van der Waals surface area contributed by atoms with Crippen LogP contribution in [0.1, 0.15) is 31.2 Å². The molecule has 1 saturated carbocycles. The summed E-state index contributed by atoms with van der Waals surface area (Å²) in [5, 5.41) is 11.8. The molecule has 0 saturated heterocycles. The van der Waals surface area contributed by atoms with Crippen molar-refractivity contribution in [2.45, 2.75) is 32.2 Å². The molecule has 0 bridgehead atoms. The highest BCUT2D eigenvalue weighted by atomic mass is 19.1. The maximum absolute atomic E-state index is 13.4. The van der Waals surface area contributed by atoms with E-state index in [2.05, 4.69) is 5.32 Å². The molecule has 5 heteroatoms. The third kappa shape index (κ3) is 3.35. The predicted molar refractivity (Wildman–Crippen MR) is 71.3 cm³/mol. The molecule has 2 rings (SSSR count). The van der Waals surface area contributed by atoms with Gasteiger partial charge in [-0.15, -0.1) is 0 Å². The number of aliphatic carboxylic acids is 1. The largest absolute Gasteiger partial charge is 0.481 e. The molecule has 1 amide bonds. The van der Waals surface area contributed by atoms with Gasteiger partial charge in [-0.2, -0.15) is 0 Å². The lowest BCUT2D eigenvalue weighted by Gasteiger charge is -2.27. The van der Waals surface area contributed by atoms with E-state index in [0.717, 1.165) is 12.8 Å². The van der Waals surface area contributed by atoms with Crippen LogP contribution in [0, 0.1) is 17.7 Å². The van der Waals surface area contributed by atoms with Crippen LogP contribution in [0.25, 0.3) is 0 Å². The van der Waals surface area contributed by atoms with Gasteiger partial charge in [0.15, 0.2) is 0 Å². The second-order valence-electron chi connectivity index (χ2n) is 5.14. The lowest BCUT2D eigenvalue weighted by molar-refractivity contribution is -0.148. The van der Waals surface area contributed by atoms with Gasteiger partial charge in [0.25, 0.3) is 0 Å². The van der Waals surface area contributed by atoms with Gasteiger partial charge in [0.1, 0.15) is 5.82 Å². The SMILES string of the molecule is O=C(O)[C@H]1CCCC[C@H]1C(=O)NCc1ccccc1F. The topological polar surface area (TPSA) is 66.4 Å². The summed E-state index contributed by atoms with van der Waals surface area (Å²) in [6.45, 7) is 0.0916. The first-order valence-electron chi connectivity index (χ1n) is 6.83. The molecule has 2 N–H and O–H groups in total. The van der Waals surface area contributed by atoms with E-state index < -0.39 is 17.8 Å². The molecule has 108 valence electrons. The van der Waals surface area contributed by atoms with E-state index in [1.54, 1.807) is 18.2 Å². The zero-order valence-electron chi connectivity index (χ0n) is 11.1. The molecule has 0 heterocycles. The average Bonchev–Trinajstić information content (AvgIpc) is 2.46. The van der Waals surface area contributed by atoms with E-state index >= 15 is 0 Å². The molecule has 0 unspecified atom stereocenters. The summed E-state index contributed by atoms with van der Waals surface area (Å²) in [6, 6.07) is 6.22. The fourth-order valence-corrected chi connectivity index (χ4v) is 2.70. The van der Waals surface area contributed by atoms with E-state index in [1.807, 2.05) is 0 Å². The number of carboxylic acids is 1. The van der Waals surface area contributed by atoms with Crippen LogP contribution >= 0.6 is 0 Å². The molecular weight excluding hydrogens is 261 g/mol. The minimum absolute atomic E-state index is 0.0916.